The molecule has 0 aromatic heterocycles. The SMILES string of the molecule is CNCc1ccc(OCCOC(C)C)c(F)c1. The van der Waals surface area contributed by atoms with Crippen LogP contribution in [0, 0.1) is 5.82 Å². The van der Waals surface area contributed by atoms with E-state index in [1.54, 1.807) is 6.07 Å². The predicted molar refractivity (Wildman–Crippen MR) is 65.7 cm³/mol. The average molecular weight is 241 g/mol. The summed E-state index contributed by atoms with van der Waals surface area (Å²) in [5, 5.41) is 2.97. The maximum atomic E-state index is 13.6. The minimum Gasteiger partial charge on any atom is -0.488 e. The maximum Gasteiger partial charge on any atom is 0.165 e. The number of nitrogens with one attached hydrogen (secondary N) is 1. The van der Waals surface area contributed by atoms with Crippen molar-refractivity contribution in [1.29, 1.82) is 0 Å². The smallest absolute Gasteiger partial charge is 0.165 e. The summed E-state index contributed by atoms with van der Waals surface area (Å²) >= 11 is 0. The zero-order chi connectivity index (χ0) is 12.7. The fraction of sp³-hybridized carbons (Fsp3) is 0.538. The van der Waals surface area contributed by atoms with Crippen molar-refractivity contribution < 1.29 is 13.9 Å². The van der Waals surface area contributed by atoms with Crippen molar-refractivity contribution in [1.82, 2.24) is 5.32 Å². The number of hydrogen-bond donors (Lipinski definition) is 1. The molecule has 0 amide bonds. The molecule has 0 unspecified atom stereocenters. The van der Waals surface area contributed by atoms with Gasteiger partial charge in [0.25, 0.3) is 0 Å². The van der Waals surface area contributed by atoms with Gasteiger partial charge in [0.15, 0.2) is 11.6 Å². The Kier molecular flexibility index (Phi) is 5.94. The van der Waals surface area contributed by atoms with Crippen molar-refractivity contribution in [3.05, 3.63) is 29.6 Å². The monoisotopic (exact) mass is 241 g/mol. The highest BCUT2D eigenvalue weighted by Gasteiger charge is 2.04. The van der Waals surface area contributed by atoms with Crippen molar-refractivity contribution in [3.8, 4) is 5.75 Å². The molecule has 0 heterocycles. The molecule has 0 bridgehead atoms. The van der Waals surface area contributed by atoms with Gasteiger partial charge in [-0.15, -0.1) is 0 Å². The van der Waals surface area contributed by atoms with E-state index in [0.29, 0.717) is 19.8 Å². The minimum atomic E-state index is -0.331. The van der Waals surface area contributed by atoms with Crippen molar-refractivity contribution >= 4 is 0 Å². The van der Waals surface area contributed by atoms with Crippen LogP contribution in [0.3, 0.4) is 0 Å². The van der Waals surface area contributed by atoms with Crippen molar-refractivity contribution in [3.63, 3.8) is 0 Å². The first-order valence-corrected chi connectivity index (χ1v) is 5.81. The molecule has 0 spiro atoms. The summed E-state index contributed by atoms with van der Waals surface area (Å²) < 4.78 is 24.2. The van der Waals surface area contributed by atoms with Crippen LogP contribution in [0.25, 0.3) is 0 Å². The third-order valence-corrected chi connectivity index (χ3v) is 2.17. The van der Waals surface area contributed by atoms with Crippen LogP contribution in [0.2, 0.25) is 0 Å². The molecule has 0 radical (unpaired) electrons. The van der Waals surface area contributed by atoms with Gasteiger partial charge in [-0.25, -0.2) is 4.39 Å². The van der Waals surface area contributed by atoms with Gasteiger partial charge >= 0.3 is 0 Å². The summed E-state index contributed by atoms with van der Waals surface area (Å²) in [5.41, 5.74) is 0.899. The largest absolute Gasteiger partial charge is 0.488 e. The quantitative estimate of drug-likeness (QED) is 0.743. The second kappa shape index (κ2) is 7.25. The lowest BCUT2D eigenvalue weighted by molar-refractivity contribution is 0.0544. The summed E-state index contributed by atoms with van der Waals surface area (Å²) in [7, 11) is 1.82. The van der Waals surface area contributed by atoms with Crippen molar-refractivity contribution in [2.75, 3.05) is 20.3 Å². The summed E-state index contributed by atoms with van der Waals surface area (Å²) in [4.78, 5) is 0. The van der Waals surface area contributed by atoms with Crippen LogP contribution < -0.4 is 10.1 Å². The summed E-state index contributed by atoms with van der Waals surface area (Å²) in [6, 6.07) is 4.98. The Balaban J connectivity index is 2.43. The van der Waals surface area contributed by atoms with Gasteiger partial charge in [0.1, 0.15) is 6.61 Å². The molecule has 96 valence electrons. The van der Waals surface area contributed by atoms with Crippen LogP contribution in [0.15, 0.2) is 18.2 Å². The molecular weight excluding hydrogens is 221 g/mol. The van der Waals surface area contributed by atoms with E-state index in [0.717, 1.165) is 5.56 Å². The Bertz CT molecular complexity index is 342. The highest BCUT2D eigenvalue weighted by atomic mass is 19.1. The van der Waals surface area contributed by atoms with E-state index >= 15 is 0 Å². The van der Waals surface area contributed by atoms with E-state index in [4.69, 9.17) is 9.47 Å². The van der Waals surface area contributed by atoms with Gasteiger partial charge < -0.3 is 14.8 Å². The van der Waals surface area contributed by atoms with Crippen LogP contribution in [0.1, 0.15) is 19.4 Å². The molecule has 0 saturated carbocycles. The topological polar surface area (TPSA) is 30.5 Å². The van der Waals surface area contributed by atoms with Gasteiger partial charge in [-0.05, 0) is 38.6 Å². The predicted octanol–water partition coefficient (Wildman–Crippen LogP) is 2.35. The molecule has 1 aromatic carbocycles. The van der Waals surface area contributed by atoms with Gasteiger partial charge in [0.05, 0.1) is 12.7 Å². The van der Waals surface area contributed by atoms with E-state index in [1.165, 1.54) is 6.07 Å². The van der Waals surface area contributed by atoms with E-state index < -0.39 is 0 Å². The first kappa shape index (κ1) is 13.9. The fourth-order valence-corrected chi connectivity index (χ4v) is 1.41. The molecule has 0 atom stereocenters. The van der Waals surface area contributed by atoms with E-state index in [9.17, 15) is 4.39 Å². The second-order valence-electron chi connectivity index (χ2n) is 4.06. The molecule has 1 aromatic rings. The number of benzene rings is 1. The highest BCUT2D eigenvalue weighted by Crippen LogP contribution is 2.18. The number of rotatable bonds is 7. The van der Waals surface area contributed by atoms with E-state index in [-0.39, 0.29) is 17.7 Å². The molecular formula is C13H20FNO2. The normalized spacial score (nSPS) is 10.9. The second-order valence-corrected chi connectivity index (χ2v) is 4.06. The van der Waals surface area contributed by atoms with Crippen molar-refractivity contribution in [2.45, 2.75) is 26.5 Å². The Hall–Kier alpha value is -1.13. The number of ether oxygens (including phenoxy) is 2. The van der Waals surface area contributed by atoms with Gasteiger partial charge in [-0.2, -0.15) is 0 Å². The van der Waals surface area contributed by atoms with Gasteiger partial charge in [0.2, 0.25) is 0 Å². The molecule has 0 aliphatic carbocycles. The van der Waals surface area contributed by atoms with Crippen molar-refractivity contribution in [2.24, 2.45) is 0 Å². The summed E-state index contributed by atoms with van der Waals surface area (Å²) in [5.74, 6) is -0.0560. The Labute approximate surface area is 102 Å². The fourth-order valence-electron chi connectivity index (χ4n) is 1.41. The zero-order valence-electron chi connectivity index (χ0n) is 10.6. The molecule has 3 nitrogen and oxygen atoms in total. The molecule has 0 aliphatic rings. The molecule has 1 rings (SSSR count). The third-order valence-electron chi connectivity index (χ3n) is 2.17. The minimum absolute atomic E-state index is 0.168. The molecule has 1 N–H and O–H groups in total. The lowest BCUT2D eigenvalue weighted by Gasteiger charge is -2.10. The Morgan fingerprint density at radius 3 is 2.65 bits per heavy atom. The number of halogens is 1. The van der Waals surface area contributed by atoms with Crippen LogP contribution in [0.4, 0.5) is 4.39 Å². The van der Waals surface area contributed by atoms with Gasteiger partial charge in [-0.3, -0.25) is 0 Å². The lowest BCUT2D eigenvalue weighted by Crippen LogP contribution is -2.12. The van der Waals surface area contributed by atoms with Crippen LogP contribution >= 0.6 is 0 Å². The van der Waals surface area contributed by atoms with Gasteiger partial charge in [-0.1, -0.05) is 6.07 Å². The Morgan fingerprint density at radius 2 is 2.06 bits per heavy atom. The molecule has 0 aliphatic heterocycles. The molecule has 4 heteroatoms. The van der Waals surface area contributed by atoms with Crippen LogP contribution in [-0.2, 0) is 11.3 Å². The van der Waals surface area contributed by atoms with E-state index in [1.807, 2.05) is 27.0 Å². The van der Waals surface area contributed by atoms with Crippen LogP contribution in [0.5, 0.6) is 5.75 Å². The summed E-state index contributed by atoms with van der Waals surface area (Å²) in [6.07, 6.45) is 0.168. The first-order valence-electron chi connectivity index (χ1n) is 5.81. The standard InChI is InChI=1S/C13H20FNO2/c1-10(2)16-6-7-17-13-5-4-11(9-15-3)8-12(13)14/h4-5,8,10,15H,6-7,9H2,1-3H3. The maximum absolute atomic E-state index is 13.6. The van der Waals surface area contributed by atoms with Crippen LogP contribution in [-0.4, -0.2) is 26.4 Å². The first-order chi connectivity index (χ1) is 8.13. The molecule has 0 fully saturated rings. The average Bonchev–Trinajstić information content (AvgIpc) is 2.27. The molecule has 0 saturated heterocycles. The zero-order valence-corrected chi connectivity index (χ0v) is 10.6. The number of hydrogen-bond acceptors (Lipinski definition) is 3. The lowest BCUT2D eigenvalue weighted by atomic mass is 10.2. The Morgan fingerprint density at radius 1 is 1.29 bits per heavy atom. The highest BCUT2D eigenvalue weighted by molar-refractivity contribution is 5.29. The third kappa shape index (κ3) is 5.15. The molecule has 17 heavy (non-hydrogen) atoms. The summed E-state index contributed by atoms with van der Waals surface area (Å²) in [6.45, 7) is 5.38. The van der Waals surface area contributed by atoms with Gasteiger partial charge in [0, 0.05) is 6.54 Å². The van der Waals surface area contributed by atoms with E-state index in [2.05, 4.69) is 5.32 Å².